The number of aromatic amines is 1. The minimum absolute atomic E-state index is 0.0802. The van der Waals surface area contributed by atoms with E-state index >= 15 is 0 Å². The van der Waals surface area contributed by atoms with Crippen molar-refractivity contribution in [3.8, 4) is 5.75 Å². The summed E-state index contributed by atoms with van der Waals surface area (Å²) in [7, 11) is 1.31. The number of benzene rings is 1. The zero-order chi connectivity index (χ0) is 16.3. The zero-order valence-electron chi connectivity index (χ0n) is 13.1. The molecule has 1 heterocycles. The van der Waals surface area contributed by atoms with E-state index in [1.165, 1.54) is 7.11 Å². The number of Topliss-reactive ketones (excluding diaryl/α,β-unsaturated/α-hetero) is 1. The monoisotopic (exact) mass is 301 g/mol. The second-order valence-electron chi connectivity index (χ2n) is 5.14. The van der Waals surface area contributed by atoms with Gasteiger partial charge in [-0.1, -0.05) is 17.7 Å². The molecule has 2 aromatic rings. The zero-order valence-corrected chi connectivity index (χ0v) is 13.1. The molecule has 0 spiro atoms. The second kappa shape index (κ2) is 6.47. The standard InChI is InChI=1S/C17H19NO4/c1-10-5-7-13(8-6-10)22-9-14(19)15-11(2)16(17(20)21-4)18-12(15)3/h5-8,18H,9H2,1-4H3. The van der Waals surface area contributed by atoms with Crippen molar-refractivity contribution in [2.75, 3.05) is 13.7 Å². The Morgan fingerprint density at radius 1 is 1.09 bits per heavy atom. The van der Waals surface area contributed by atoms with Gasteiger partial charge in [0.1, 0.15) is 11.4 Å². The van der Waals surface area contributed by atoms with Crippen LogP contribution in [0.5, 0.6) is 5.75 Å². The predicted octanol–water partition coefficient (Wildman–Crippen LogP) is 2.99. The molecule has 0 aliphatic carbocycles. The summed E-state index contributed by atoms with van der Waals surface area (Å²) < 4.78 is 10.2. The molecule has 22 heavy (non-hydrogen) atoms. The Labute approximate surface area is 129 Å². The maximum atomic E-state index is 12.4. The quantitative estimate of drug-likeness (QED) is 0.681. The minimum atomic E-state index is -0.487. The van der Waals surface area contributed by atoms with Gasteiger partial charge in [0.05, 0.1) is 7.11 Å². The molecule has 5 nitrogen and oxygen atoms in total. The van der Waals surface area contributed by atoms with E-state index in [-0.39, 0.29) is 12.4 Å². The summed E-state index contributed by atoms with van der Waals surface area (Å²) in [5.41, 5.74) is 3.13. The third kappa shape index (κ3) is 3.19. The van der Waals surface area contributed by atoms with Crippen molar-refractivity contribution in [2.45, 2.75) is 20.8 Å². The van der Waals surface area contributed by atoms with Crippen molar-refractivity contribution in [3.63, 3.8) is 0 Å². The lowest BCUT2D eigenvalue weighted by Gasteiger charge is -2.06. The van der Waals surface area contributed by atoms with Crippen molar-refractivity contribution in [1.29, 1.82) is 0 Å². The SMILES string of the molecule is COC(=O)c1[nH]c(C)c(C(=O)COc2ccc(C)cc2)c1C. The van der Waals surface area contributed by atoms with Crippen molar-refractivity contribution in [3.05, 3.63) is 52.3 Å². The van der Waals surface area contributed by atoms with Crippen LogP contribution in [0.15, 0.2) is 24.3 Å². The van der Waals surface area contributed by atoms with Crippen LogP contribution in [0.1, 0.15) is 37.7 Å². The molecule has 0 saturated carbocycles. The summed E-state index contributed by atoms with van der Waals surface area (Å²) in [6.45, 7) is 5.37. The molecule has 1 aromatic heterocycles. The van der Waals surface area contributed by atoms with E-state index in [1.807, 2.05) is 31.2 Å². The van der Waals surface area contributed by atoms with Crippen molar-refractivity contribution >= 4 is 11.8 Å². The van der Waals surface area contributed by atoms with Gasteiger partial charge in [0, 0.05) is 11.3 Å². The smallest absolute Gasteiger partial charge is 0.354 e. The van der Waals surface area contributed by atoms with Crippen LogP contribution in [-0.4, -0.2) is 30.5 Å². The van der Waals surface area contributed by atoms with E-state index in [9.17, 15) is 9.59 Å². The van der Waals surface area contributed by atoms with Gasteiger partial charge in [-0.2, -0.15) is 0 Å². The number of hydrogen-bond acceptors (Lipinski definition) is 4. The average Bonchev–Trinajstić information content (AvgIpc) is 2.80. The number of rotatable bonds is 5. The molecule has 0 unspecified atom stereocenters. The van der Waals surface area contributed by atoms with E-state index in [1.54, 1.807) is 13.8 Å². The molecule has 0 aliphatic rings. The summed E-state index contributed by atoms with van der Waals surface area (Å²) >= 11 is 0. The Balaban J connectivity index is 2.14. The topological polar surface area (TPSA) is 68.4 Å². The molecule has 116 valence electrons. The summed E-state index contributed by atoms with van der Waals surface area (Å²) in [6.07, 6.45) is 0. The van der Waals surface area contributed by atoms with Crippen LogP contribution in [0.4, 0.5) is 0 Å². The van der Waals surface area contributed by atoms with Crippen LogP contribution >= 0.6 is 0 Å². The Kier molecular flexibility index (Phi) is 4.65. The van der Waals surface area contributed by atoms with E-state index < -0.39 is 5.97 Å². The lowest BCUT2D eigenvalue weighted by atomic mass is 10.1. The number of aryl methyl sites for hydroxylation is 2. The molecule has 0 saturated heterocycles. The fourth-order valence-electron chi connectivity index (χ4n) is 2.33. The maximum Gasteiger partial charge on any atom is 0.354 e. The molecule has 5 heteroatoms. The van der Waals surface area contributed by atoms with E-state index in [0.29, 0.717) is 28.3 Å². The van der Waals surface area contributed by atoms with Gasteiger partial charge in [0.25, 0.3) is 0 Å². The van der Waals surface area contributed by atoms with Gasteiger partial charge >= 0.3 is 5.97 Å². The highest BCUT2D eigenvalue weighted by molar-refractivity contribution is 6.03. The first-order valence-corrected chi connectivity index (χ1v) is 6.94. The fourth-order valence-corrected chi connectivity index (χ4v) is 2.33. The van der Waals surface area contributed by atoms with Gasteiger partial charge in [-0.3, -0.25) is 4.79 Å². The number of nitrogens with one attached hydrogen (secondary N) is 1. The van der Waals surface area contributed by atoms with Crippen LogP contribution < -0.4 is 4.74 Å². The van der Waals surface area contributed by atoms with Gasteiger partial charge < -0.3 is 14.5 Å². The third-order valence-electron chi connectivity index (χ3n) is 3.50. The number of methoxy groups -OCH3 is 1. The average molecular weight is 301 g/mol. The Hall–Kier alpha value is -2.56. The number of aromatic nitrogens is 1. The molecule has 0 fully saturated rings. The van der Waals surface area contributed by atoms with E-state index in [2.05, 4.69) is 4.98 Å². The number of ketones is 1. The normalized spacial score (nSPS) is 10.4. The van der Waals surface area contributed by atoms with Crippen molar-refractivity contribution < 1.29 is 19.1 Å². The Morgan fingerprint density at radius 3 is 2.32 bits per heavy atom. The van der Waals surface area contributed by atoms with Gasteiger partial charge in [-0.15, -0.1) is 0 Å². The van der Waals surface area contributed by atoms with Gasteiger partial charge in [-0.05, 0) is 38.5 Å². The number of esters is 1. The molecule has 0 aliphatic heterocycles. The lowest BCUT2D eigenvalue weighted by molar-refractivity contribution is 0.0594. The third-order valence-corrected chi connectivity index (χ3v) is 3.50. The highest BCUT2D eigenvalue weighted by Gasteiger charge is 2.22. The van der Waals surface area contributed by atoms with E-state index in [4.69, 9.17) is 9.47 Å². The van der Waals surface area contributed by atoms with Crippen LogP contribution in [-0.2, 0) is 4.74 Å². The number of hydrogen-bond donors (Lipinski definition) is 1. The van der Waals surface area contributed by atoms with E-state index in [0.717, 1.165) is 5.56 Å². The fraction of sp³-hybridized carbons (Fsp3) is 0.294. The summed E-state index contributed by atoms with van der Waals surface area (Å²) in [5, 5.41) is 0. The number of carbonyl (C=O) groups is 2. The first-order valence-electron chi connectivity index (χ1n) is 6.94. The van der Waals surface area contributed by atoms with Crippen LogP contribution in [0, 0.1) is 20.8 Å². The molecule has 0 amide bonds. The molecule has 0 atom stereocenters. The highest BCUT2D eigenvalue weighted by Crippen LogP contribution is 2.20. The minimum Gasteiger partial charge on any atom is -0.485 e. The number of carbonyl (C=O) groups excluding carboxylic acids is 2. The largest absolute Gasteiger partial charge is 0.485 e. The lowest BCUT2D eigenvalue weighted by Crippen LogP contribution is -2.13. The summed E-state index contributed by atoms with van der Waals surface area (Å²) in [4.78, 5) is 26.9. The van der Waals surface area contributed by atoms with Gasteiger partial charge in [0.15, 0.2) is 6.61 Å². The summed E-state index contributed by atoms with van der Waals surface area (Å²) in [5.74, 6) is -0.0286. The van der Waals surface area contributed by atoms with Crippen molar-refractivity contribution in [2.24, 2.45) is 0 Å². The Morgan fingerprint density at radius 2 is 1.73 bits per heavy atom. The van der Waals surface area contributed by atoms with Crippen LogP contribution in [0.2, 0.25) is 0 Å². The highest BCUT2D eigenvalue weighted by atomic mass is 16.5. The number of H-pyrrole nitrogens is 1. The maximum absolute atomic E-state index is 12.4. The molecule has 2 rings (SSSR count). The first-order chi connectivity index (χ1) is 10.4. The van der Waals surface area contributed by atoms with Gasteiger partial charge in [-0.25, -0.2) is 4.79 Å². The van der Waals surface area contributed by atoms with Crippen molar-refractivity contribution in [1.82, 2.24) is 4.98 Å². The predicted molar refractivity (Wildman–Crippen MR) is 82.6 cm³/mol. The summed E-state index contributed by atoms with van der Waals surface area (Å²) in [6, 6.07) is 7.47. The molecular weight excluding hydrogens is 282 g/mol. The first kappa shape index (κ1) is 15.8. The molecule has 1 aromatic carbocycles. The molecule has 0 bridgehead atoms. The van der Waals surface area contributed by atoms with Gasteiger partial charge in [0.2, 0.25) is 5.78 Å². The molecule has 0 radical (unpaired) electrons. The molecular formula is C17H19NO4. The molecule has 1 N–H and O–H groups in total. The number of ether oxygens (including phenoxy) is 2. The van der Waals surface area contributed by atoms with Crippen LogP contribution in [0.25, 0.3) is 0 Å². The second-order valence-corrected chi connectivity index (χ2v) is 5.14. The Bertz CT molecular complexity index is 698. The van der Waals surface area contributed by atoms with Crippen LogP contribution in [0.3, 0.4) is 0 Å².